The smallest absolute Gasteiger partial charge is 0.161 e. The average molecular weight is 290 g/mol. The van der Waals surface area contributed by atoms with Gasteiger partial charge in [0.2, 0.25) is 0 Å². The molecule has 1 aliphatic carbocycles. The van der Waals surface area contributed by atoms with Gasteiger partial charge in [-0.25, -0.2) is 0 Å². The van der Waals surface area contributed by atoms with Crippen molar-refractivity contribution < 1.29 is 9.47 Å². The van der Waals surface area contributed by atoms with Crippen molar-refractivity contribution in [2.75, 3.05) is 39.9 Å². The third-order valence-electron chi connectivity index (χ3n) is 4.44. The molecule has 1 saturated carbocycles. The minimum Gasteiger partial charge on any atom is -0.493 e. The zero-order valence-corrected chi connectivity index (χ0v) is 13.1. The standard InChI is InChI=1S/C17H26N2O2/c1-3-21-15-7-6-14(12-16(15)20-2)17(13-4-5-13)19-10-8-18-9-11-19/h6-7,12-13,17-18H,3-5,8-11H2,1-2H3/t17-/m1/s1. The molecule has 1 N–H and O–H groups in total. The molecule has 1 aromatic carbocycles. The van der Waals surface area contributed by atoms with Crippen molar-refractivity contribution >= 4 is 0 Å². The van der Waals surface area contributed by atoms with Crippen LogP contribution in [0.25, 0.3) is 0 Å². The first-order valence-electron chi connectivity index (χ1n) is 8.09. The van der Waals surface area contributed by atoms with Gasteiger partial charge in [-0.15, -0.1) is 0 Å². The Hall–Kier alpha value is -1.26. The van der Waals surface area contributed by atoms with E-state index in [1.807, 2.05) is 6.92 Å². The summed E-state index contributed by atoms with van der Waals surface area (Å²) in [4.78, 5) is 2.63. The predicted octanol–water partition coefficient (Wildman–Crippen LogP) is 2.45. The first-order chi connectivity index (χ1) is 10.3. The van der Waals surface area contributed by atoms with Gasteiger partial charge in [-0.1, -0.05) is 6.07 Å². The molecule has 0 aromatic heterocycles. The monoisotopic (exact) mass is 290 g/mol. The molecule has 0 amide bonds. The minimum atomic E-state index is 0.539. The van der Waals surface area contributed by atoms with Gasteiger partial charge in [0.15, 0.2) is 11.5 Å². The highest BCUT2D eigenvalue weighted by Crippen LogP contribution is 2.46. The van der Waals surface area contributed by atoms with E-state index in [-0.39, 0.29) is 0 Å². The van der Waals surface area contributed by atoms with E-state index in [1.54, 1.807) is 7.11 Å². The van der Waals surface area contributed by atoms with Gasteiger partial charge in [0.1, 0.15) is 0 Å². The summed E-state index contributed by atoms with van der Waals surface area (Å²) in [5.41, 5.74) is 1.37. The summed E-state index contributed by atoms with van der Waals surface area (Å²) < 4.78 is 11.2. The number of nitrogens with one attached hydrogen (secondary N) is 1. The van der Waals surface area contributed by atoms with Crippen molar-refractivity contribution in [2.45, 2.75) is 25.8 Å². The molecule has 1 aliphatic heterocycles. The normalized spacial score (nSPS) is 21.0. The molecule has 0 bridgehead atoms. The van der Waals surface area contributed by atoms with Gasteiger partial charge >= 0.3 is 0 Å². The Bertz CT molecular complexity index is 468. The lowest BCUT2D eigenvalue weighted by Gasteiger charge is -2.35. The Kier molecular flexibility index (Phi) is 4.66. The highest BCUT2D eigenvalue weighted by atomic mass is 16.5. The van der Waals surface area contributed by atoms with Crippen LogP contribution in [0.3, 0.4) is 0 Å². The third-order valence-corrected chi connectivity index (χ3v) is 4.44. The lowest BCUT2D eigenvalue weighted by atomic mass is 9.99. The third kappa shape index (κ3) is 3.33. The van der Waals surface area contributed by atoms with Crippen molar-refractivity contribution in [3.05, 3.63) is 23.8 Å². The fourth-order valence-corrected chi connectivity index (χ4v) is 3.30. The molecule has 0 unspecified atom stereocenters. The second-order valence-corrected chi connectivity index (χ2v) is 5.91. The summed E-state index contributed by atoms with van der Waals surface area (Å²) in [6.45, 7) is 7.13. The lowest BCUT2D eigenvalue weighted by Crippen LogP contribution is -2.45. The van der Waals surface area contributed by atoms with E-state index >= 15 is 0 Å². The topological polar surface area (TPSA) is 33.7 Å². The number of hydrogen-bond acceptors (Lipinski definition) is 4. The number of nitrogens with zero attached hydrogens (tertiary/aromatic N) is 1. The first kappa shape index (κ1) is 14.7. The zero-order chi connectivity index (χ0) is 14.7. The minimum absolute atomic E-state index is 0.539. The highest BCUT2D eigenvalue weighted by molar-refractivity contribution is 5.44. The van der Waals surface area contributed by atoms with Gasteiger partial charge in [-0.05, 0) is 43.4 Å². The fraction of sp³-hybridized carbons (Fsp3) is 0.647. The van der Waals surface area contributed by atoms with Crippen molar-refractivity contribution in [1.82, 2.24) is 10.2 Å². The maximum atomic E-state index is 5.64. The Morgan fingerprint density at radius 1 is 1.24 bits per heavy atom. The molecular formula is C17H26N2O2. The number of ether oxygens (including phenoxy) is 2. The summed E-state index contributed by atoms with van der Waals surface area (Å²) in [6.07, 6.45) is 2.70. The fourth-order valence-electron chi connectivity index (χ4n) is 3.30. The Morgan fingerprint density at radius 2 is 2.00 bits per heavy atom. The van der Waals surface area contributed by atoms with Crippen LogP contribution < -0.4 is 14.8 Å². The van der Waals surface area contributed by atoms with E-state index in [4.69, 9.17) is 9.47 Å². The molecule has 116 valence electrons. The van der Waals surface area contributed by atoms with Crippen LogP contribution in [0.5, 0.6) is 11.5 Å². The van der Waals surface area contributed by atoms with Gasteiger partial charge < -0.3 is 14.8 Å². The summed E-state index contributed by atoms with van der Waals surface area (Å²) in [5, 5.41) is 3.44. The molecular weight excluding hydrogens is 264 g/mol. The largest absolute Gasteiger partial charge is 0.493 e. The van der Waals surface area contributed by atoms with Crippen LogP contribution in [0.1, 0.15) is 31.4 Å². The molecule has 2 aliphatic rings. The van der Waals surface area contributed by atoms with Crippen LogP contribution in [0, 0.1) is 5.92 Å². The van der Waals surface area contributed by atoms with E-state index in [2.05, 4.69) is 28.4 Å². The molecule has 0 radical (unpaired) electrons. The van der Waals surface area contributed by atoms with Crippen molar-refractivity contribution in [2.24, 2.45) is 5.92 Å². The number of methoxy groups -OCH3 is 1. The van der Waals surface area contributed by atoms with Crippen LogP contribution in [-0.2, 0) is 0 Å². The van der Waals surface area contributed by atoms with Crippen LogP contribution in [0.2, 0.25) is 0 Å². The molecule has 1 heterocycles. The lowest BCUT2D eigenvalue weighted by molar-refractivity contribution is 0.156. The Morgan fingerprint density at radius 3 is 2.62 bits per heavy atom. The quantitative estimate of drug-likeness (QED) is 0.872. The Balaban J connectivity index is 1.84. The molecule has 4 nitrogen and oxygen atoms in total. The van der Waals surface area contributed by atoms with Crippen LogP contribution in [-0.4, -0.2) is 44.8 Å². The van der Waals surface area contributed by atoms with Gasteiger partial charge in [0, 0.05) is 32.2 Å². The predicted molar refractivity (Wildman–Crippen MR) is 84.1 cm³/mol. The Labute approximate surface area is 127 Å². The van der Waals surface area contributed by atoms with Crippen molar-refractivity contribution in [3.63, 3.8) is 0 Å². The summed E-state index contributed by atoms with van der Waals surface area (Å²) in [7, 11) is 1.72. The SMILES string of the molecule is CCOc1ccc([C@@H](C2CC2)N2CCNCC2)cc1OC. The highest BCUT2D eigenvalue weighted by Gasteiger charge is 2.37. The van der Waals surface area contributed by atoms with E-state index in [0.29, 0.717) is 12.6 Å². The van der Waals surface area contributed by atoms with E-state index < -0.39 is 0 Å². The molecule has 1 atom stereocenters. The molecule has 4 heteroatoms. The van der Waals surface area contributed by atoms with E-state index in [1.165, 1.54) is 18.4 Å². The average Bonchev–Trinajstić information content (AvgIpc) is 3.35. The van der Waals surface area contributed by atoms with Gasteiger partial charge in [0.05, 0.1) is 13.7 Å². The molecule has 1 saturated heterocycles. The van der Waals surface area contributed by atoms with E-state index in [9.17, 15) is 0 Å². The number of hydrogen-bond donors (Lipinski definition) is 1. The number of piperazine rings is 1. The maximum absolute atomic E-state index is 5.64. The summed E-state index contributed by atoms with van der Waals surface area (Å²) in [5.74, 6) is 2.51. The van der Waals surface area contributed by atoms with Crippen LogP contribution in [0.4, 0.5) is 0 Å². The molecule has 3 rings (SSSR count). The number of benzene rings is 1. The van der Waals surface area contributed by atoms with Crippen molar-refractivity contribution in [1.29, 1.82) is 0 Å². The molecule has 1 aromatic rings. The second-order valence-electron chi connectivity index (χ2n) is 5.91. The van der Waals surface area contributed by atoms with Crippen LogP contribution >= 0.6 is 0 Å². The first-order valence-corrected chi connectivity index (χ1v) is 8.09. The summed E-state index contributed by atoms with van der Waals surface area (Å²) in [6, 6.07) is 7.00. The molecule has 0 spiro atoms. The zero-order valence-electron chi connectivity index (χ0n) is 13.1. The number of rotatable bonds is 6. The van der Waals surface area contributed by atoms with Gasteiger partial charge in [0.25, 0.3) is 0 Å². The van der Waals surface area contributed by atoms with Gasteiger partial charge in [-0.2, -0.15) is 0 Å². The molecule has 21 heavy (non-hydrogen) atoms. The van der Waals surface area contributed by atoms with E-state index in [0.717, 1.165) is 43.6 Å². The van der Waals surface area contributed by atoms with Crippen LogP contribution in [0.15, 0.2) is 18.2 Å². The summed E-state index contributed by atoms with van der Waals surface area (Å²) >= 11 is 0. The van der Waals surface area contributed by atoms with Crippen molar-refractivity contribution in [3.8, 4) is 11.5 Å². The van der Waals surface area contributed by atoms with Gasteiger partial charge in [-0.3, -0.25) is 4.90 Å². The molecule has 2 fully saturated rings. The second kappa shape index (κ2) is 6.67. The maximum Gasteiger partial charge on any atom is 0.161 e.